The van der Waals surface area contributed by atoms with E-state index >= 15 is 0 Å². The van der Waals surface area contributed by atoms with E-state index in [9.17, 15) is 19.0 Å². The molecule has 91 heavy (non-hydrogen) atoms. The first-order chi connectivity index (χ1) is 44.8. The number of allylic oxidation sites excluding steroid dienone is 10. The second kappa shape index (κ2) is 76.7. The van der Waals surface area contributed by atoms with E-state index in [0.717, 1.165) is 51.4 Å². The van der Waals surface area contributed by atoms with Crippen LogP contribution >= 0.6 is 7.82 Å². The maximum atomic E-state index is 12.8. The first-order valence-corrected chi connectivity index (χ1v) is 41.3. The van der Waals surface area contributed by atoms with E-state index in [-0.39, 0.29) is 38.6 Å². The van der Waals surface area contributed by atoms with E-state index in [4.69, 9.17) is 24.3 Å². The molecule has 0 aliphatic carbocycles. The Labute approximate surface area is 565 Å². The number of hydrogen-bond donors (Lipinski definition) is 2. The first kappa shape index (κ1) is 88.7. The Kier molecular flexibility index (Phi) is 74.8. The van der Waals surface area contributed by atoms with Gasteiger partial charge in [-0.1, -0.05) is 376 Å². The third-order valence-electron chi connectivity index (χ3n) is 17.9. The Balaban J connectivity index is 3.75. The van der Waals surface area contributed by atoms with E-state index < -0.39 is 26.5 Å². The van der Waals surface area contributed by atoms with Crippen LogP contribution in [0.15, 0.2) is 60.8 Å². The van der Waals surface area contributed by atoms with Crippen molar-refractivity contribution >= 4 is 19.8 Å². The Hall–Kier alpha value is -2.29. The molecule has 0 saturated heterocycles. The summed E-state index contributed by atoms with van der Waals surface area (Å²) >= 11 is 0. The third kappa shape index (κ3) is 76.6. The van der Waals surface area contributed by atoms with Crippen LogP contribution in [0.4, 0.5) is 0 Å². The lowest BCUT2D eigenvalue weighted by atomic mass is 10.0. The van der Waals surface area contributed by atoms with Crippen LogP contribution in [-0.2, 0) is 32.7 Å². The highest BCUT2D eigenvalue weighted by Crippen LogP contribution is 2.43. The van der Waals surface area contributed by atoms with Gasteiger partial charge in [-0.15, -0.1) is 0 Å². The van der Waals surface area contributed by atoms with Gasteiger partial charge in [-0.05, 0) is 83.5 Å². The molecule has 0 radical (unpaired) electrons. The SMILES string of the molecule is CCCCCCC/C=C\C/C=C\C/C=C\CCCCCCCCCCCCCCCCCCCCCCCCCCCCC(=O)OC(COC(=O)CCCCCCCCCCCCCCCCCCC/C=C\C/C=C\CCCCCCC)COP(=O)(O)OCCN. The minimum Gasteiger partial charge on any atom is -0.462 e. The van der Waals surface area contributed by atoms with Gasteiger partial charge >= 0.3 is 19.8 Å². The Morgan fingerprint density at radius 1 is 0.330 bits per heavy atom. The van der Waals surface area contributed by atoms with Crippen LogP contribution in [-0.4, -0.2) is 49.3 Å². The van der Waals surface area contributed by atoms with Crippen LogP contribution in [0.25, 0.3) is 0 Å². The summed E-state index contributed by atoms with van der Waals surface area (Å²) in [6.45, 7) is 3.79. The summed E-state index contributed by atoms with van der Waals surface area (Å²) in [5.41, 5.74) is 5.41. The molecular weight excluding hydrogens is 1150 g/mol. The molecule has 2 atom stereocenters. The summed E-state index contributed by atoms with van der Waals surface area (Å²) in [6, 6.07) is 0. The van der Waals surface area contributed by atoms with E-state index in [0.29, 0.717) is 6.42 Å². The number of ether oxygens (including phenoxy) is 2. The summed E-state index contributed by atoms with van der Waals surface area (Å²) in [4.78, 5) is 35.4. The van der Waals surface area contributed by atoms with Crippen LogP contribution in [0.3, 0.4) is 0 Å². The Bertz CT molecular complexity index is 1680. The maximum absolute atomic E-state index is 12.8. The Morgan fingerprint density at radius 2 is 0.571 bits per heavy atom. The lowest BCUT2D eigenvalue weighted by Gasteiger charge is -2.19. The van der Waals surface area contributed by atoms with Crippen molar-refractivity contribution in [3.05, 3.63) is 60.8 Å². The molecule has 0 aliphatic rings. The zero-order chi connectivity index (χ0) is 65.8. The van der Waals surface area contributed by atoms with Gasteiger partial charge in [-0.25, -0.2) is 4.57 Å². The molecule has 534 valence electrons. The Morgan fingerprint density at radius 3 is 0.846 bits per heavy atom. The second-order valence-electron chi connectivity index (χ2n) is 26.9. The fourth-order valence-electron chi connectivity index (χ4n) is 12.0. The second-order valence-corrected chi connectivity index (χ2v) is 28.4. The van der Waals surface area contributed by atoms with Gasteiger partial charge in [0.1, 0.15) is 6.61 Å². The number of nitrogens with two attached hydrogens (primary N) is 1. The number of esters is 2. The molecule has 10 heteroatoms. The molecule has 0 aromatic carbocycles. The van der Waals surface area contributed by atoms with Gasteiger partial charge in [-0.2, -0.15) is 0 Å². The minimum atomic E-state index is -4.39. The van der Waals surface area contributed by atoms with Crippen molar-refractivity contribution in [2.75, 3.05) is 26.4 Å². The number of carbonyl (C=O) groups is 2. The van der Waals surface area contributed by atoms with Gasteiger partial charge in [0.2, 0.25) is 0 Å². The normalized spacial score (nSPS) is 13.1. The molecule has 0 rings (SSSR count). The molecule has 0 fully saturated rings. The number of rotatable bonds is 76. The molecule has 2 unspecified atom stereocenters. The standard InChI is InChI=1S/C81H152NO8P/c1-3-5-7-9-11-13-15-17-19-21-23-25-27-29-31-33-34-35-36-37-38-39-40-41-42-43-44-46-48-50-52-54-56-58-60-62-64-66-68-70-72-74-81(84)90-79(78-89-91(85,86)88-76-75-82)77-87-80(83)73-71-69-67-65-63-61-59-57-55-53-51-49-47-45-32-30-28-26-24-22-20-18-16-14-12-10-8-6-4-2/h15-18,21-24,27,29,79H,3-14,19-20,25-26,28,30-78,82H2,1-2H3,(H,85,86)/b17-15-,18-16-,23-21-,24-22-,29-27-. The van der Waals surface area contributed by atoms with E-state index in [1.54, 1.807) is 0 Å². The van der Waals surface area contributed by atoms with Gasteiger partial charge < -0.3 is 20.1 Å². The molecule has 0 bridgehead atoms. The topological polar surface area (TPSA) is 134 Å². The van der Waals surface area contributed by atoms with Gasteiger partial charge in [0, 0.05) is 19.4 Å². The lowest BCUT2D eigenvalue weighted by Crippen LogP contribution is -2.29. The average molecular weight is 1300 g/mol. The molecule has 3 N–H and O–H groups in total. The molecule has 0 saturated carbocycles. The number of unbranched alkanes of at least 4 members (excludes halogenated alkanes) is 53. The summed E-state index contributed by atoms with van der Waals surface area (Å²) in [5, 5.41) is 0. The third-order valence-corrected chi connectivity index (χ3v) is 18.9. The minimum absolute atomic E-state index is 0.0553. The molecule has 0 spiro atoms. The summed E-state index contributed by atoms with van der Waals surface area (Å²) in [6.07, 6.45) is 101. The van der Waals surface area contributed by atoms with Gasteiger partial charge in [0.05, 0.1) is 13.2 Å². The zero-order valence-corrected chi connectivity index (χ0v) is 61.2. The lowest BCUT2D eigenvalue weighted by molar-refractivity contribution is -0.161. The van der Waals surface area contributed by atoms with Crippen molar-refractivity contribution < 1.29 is 37.6 Å². The predicted octanol–water partition coefficient (Wildman–Crippen LogP) is 26.5. The fourth-order valence-corrected chi connectivity index (χ4v) is 12.7. The van der Waals surface area contributed by atoms with Crippen molar-refractivity contribution in [1.29, 1.82) is 0 Å². The van der Waals surface area contributed by atoms with Crippen LogP contribution in [0.2, 0.25) is 0 Å². The summed E-state index contributed by atoms with van der Waals surface area (Å²) < 4.78 is 33.3. The number of hydrogen-bond acceptors (Lipinski definition) is 8. The highest BCUT2D eigenvalue weighted by atomic mass is 31.2. The van der Waals surface area contributed by atoms with Crippen molar-refractivity contribution in [3.8, 4) is 0 Å². The molecule has 0 aromatic heterocycles. The molecule has 0 aromatic rings. The quantitative estimate of drug-likeness (QED) is 0.0264. The van der Waals surface area contributed by atoms with Crippen molar-refractivity contribution in [3.63, 3.8) is 0 Å². The predicted molar refractivity (Wildman–Crippen MR) is 395 cm³/mol. The van der Waals surface area contributed by atoms with Crippen LogP contribution in [0.1, 0.15) is 412 Å². The van der Waals surface area contributed by atoms with Crippen LogP contribution in [0.5, 0.6) is 0 Å². The van der Waals surface area contributed by atoms with Gasteiger partial charge in [0.25, 0.3) is 0 Å². The van der Waals surface area contributed by atoms with E-state index in [2.05, 4.69) is 74.6 Å². The summed E-state index contributed by atoms with van der Waals surface area (Å²) in [7, 11) is -4.39. The monoisotopic (exact) mass is 1300 g/mol. The molecule has 0 heterocycles. The number of phosphoric ester groups is 1. The van der Waals surface area contributed by atoms with Crippen LogP contribution < -0.4 is 5.73 Å². The summed E-state index contributed by atoms with van der Waals surface area (Å²) in [5.74, 6) is -0.805. The highest BCUT2D eigenvalue weighted by molar-refractivity contribution is 7.47. The molecule has 0 aliphatic heterocycles. The smallest absolute Gasteiger partial charge is 0.462 e. The molecule has 9 nitrogen and oxygen atoms in total. The average Bonchev–Trinajstić information content (AvgIpc) is 3.74. The number of carbonyl (C=O) groups excluding carboxylic acids is 2. The molecular formula is C81H152NO8P. The largest absolute Gasteiger partial charge is 0.472 e. The maximum Gasteiger partial charge on any atom is 0.472 e. The number of phosphoric acid groups is 1. The van der Waals surface area contributed by atoms with Gasteiger partial charge in [-0.3, -0.25) is 18.6 Å². The fraction of sp³-hybridized carbons (Fsp3) is 0.852. The van der Waals surface area contributed by atoms with Crippen LogP contribution in [0, 0.1) is 0 Å². The van der Waals surface area contributed by atoms with E-state index in [1.807, 2.05) is 0 Å². The van der Waals surface area contributed by atoms with Crippen molar-refractivity contribution in [2.45, 2.75) is 418 Å². The zero-order valence-electron chi connectivity index (χ0n) is 60.3. The van der Waals surface area contributed by atoms with E-state index in [1.165, 1.54) is 327 Å². The van der Waals surface area contributed by atoms with Gasteiger partial charge in [0.15, 0.2) is 6.10 Å². The highest BCUT2D eigenvalue weighted by Gasteiger charge is 2.26. The van der Waals surface area contributed by atoms with Crippen molar-refractivity contribution in [1.82, 2.24) is 0 Å². The first-order valence-electron chi connectivity index (χ1n) is 39.8. The molecule has 0 amide bonds. The van der Waals surface area contributed by atoms with Crippen molar-refractivity contribution in [2.24, 2.45) is 5.73 Å².